The molecule has 16 heavy (non-hydrogen) atoms. The minimum absolute atomic E-state index is 0.385. The SMILES string of the molecule is Cn1cc(-c2ccccc2C(N)=O)c(N)n1. The van der Waals surface area contributed by atoms with E-state index >= 15 is 0 Å². The summed E-state index contributed by atoms with van der Waals surface area (Å²) in [5, 5.41) is 4.03. The fourth-order valence-corrected chi connectivity index (χ4v) is 1.65. The summed E-state index contributed by atoms with van der Waals surface area (Å²) >= 11 is 0. The maximum atomic E-state index is 11.3. The van der Waals surface area contributed by atoms with Crippen LogP contribution in [0.3, 0.4) is 0 Å². The van der Waals surface area contributed by atoms with Crippen LogP contribution >= 0.6 is 0 Å². The van der Waals surface area contributed by atoms with Gasteiger partial charge in [0.2, 0.25) is 5.91 Å². The highest BCUT2D eigenvalue weighted by atomic mass is 16.1. The van der Waals surface area contributed by atoms with Crippen molar-refractivity contribution in [1.29, 1.82) is 0 Å². The van der Waals surface area contributed by atoms with Crippen LogP contribution in [0.1, 0.15) is 10.4 Å². The van der Waals surface area contributed by atoms with Crippen molar-refractivity contribution in [2.75, 3.05) is 5.73 Å². The number of carbonyl (C=O) groups is 1. The van der Waals surface area contributed by atoms with Crippen molar-refractivity contribution in [3.63, 3.8) is 0 Å². The molecule has 1 aromatic heterocycles. The lowest BCUT2D eigenvalue weighted by Crippen LogP contribution is -2.12. The number of carbonyl (C=O) groups excluding carboxylic acids is 1. The number of nitrogen functional groups attached to an aromatic ring is 1. The Hall–Kier alpha value is -2.30. The van der Waals surface area contributed by atoms with Gasteiger partial charge in [-0.25, -0.2) is 0 Å². The third-order valence-corrected chi connectivity index (χ3v) is 2.34. The fraction of sp³-hybridized carbons (Fsp3) is 0.0909. The molecule has 1 amide bonds. The molecule has 2 rings (SSSR count). The van der Waals surface area contributed by atoms with Crippen LogP contribution in [-0.2, 0) is 7.05 Å². The molecule has 0 spiro atoms. The fourth-order valence-electron chi connectivity index (χ4n) is 1.65. The van der Waals surface area contributed by atoms with Crippen molar-refractivity contribution in [2.24, 2.45) is 12.8 Å². The normalized spacial score (nSPS) is 10.3. The lowest BCUT2D eigenvalue weighted by atomic mass is 10.0. The van der Waals surface area contributed by atoms with E-state index in [0.29, 0.717) is 16.9 Å². The van der Waals surface area contributed by atoms with Crippen molar-refractivity contribution in [3.05, 3.63) is 36.0 Å². The van der Waals surface area contributed by atoms with Crippen LogP contribution in [0.4, 0.5) is 5.82 Å². The van der Waals surface area contributed by atoms with Crippen molar-refractivity contribution < 1.29 is 4.79 Å². The zero-order chi connectivity index (χ0) is 11.7. The second-order valence-corrected chi connectivity index (χ2v) is 3.51. The van der Waals surface area contributed by atoms with Crippen molar-refractivity contribution in [2.45, 2.75) is 0 Å². The molecule has 0 fully saturated rings. The minimum atomic E-state index is -0.473. The zero-order valence-corrected chi connectivity index (χ0v) is 8.84. The Morgan fingerprint density at radius 3 is 2.56 bits per heavy atom. The van der Waals surface area contributed by atoms with E-state index in [2.05, 4.69) is 5.10 Å². The molecule has 1 aromatic carbocycles. The van der Waals surface area contributed by atoms with Crippen molar-refractivity contribution in [1.82, 2.24) is 9.78 Å². The number of hydrogen-bond donors (Lipinski definition) is 2. The van der Waals surface area contributed by atoms with Gasteiger partial charge in [-0.05, 0) is 11.6 Å². The third-order valence-electron chi connectivity index (χ3n) is 2.34. The second-order valence-electron chi connectivity index (χ2n) is 3.51. The average Bonchev–Trinajstić information content (AvgIpc) is 2.57. The van der Waals surface area contributed by atoms with Crippen LogP contribution < -0.4 is 11.5 Å². The standard InChI is InChI=1S/C11H12N4O/c1-15-6-9(10(12)14-15)7-4-2-3-5-8(7)11(13)16/h2-6H,1H3,(H2,12,14)(H2,13,16). The van der Waals surface area contributed by atoms with Crippen LogP contribution in [0.2, 0.25) is 0 Å². The van der Waals surface area contributed by atoms with E-state index < -0.39 is 5.91 Å². The number of nitrogens with zero attached hydrogens (tertiary/aromatic N) is 2. The van der Waals surface area contributed by atoms with Gasteiger partial charge in [-0.2, -0.15) is 5.10 Å². The van der Waals surface area contributed by atoms with Gasteiger partial charge in [0.25, 0.3) is 0 Å². The van der Waals surface area contributed by atoms with Crippen molar-refractivity contribution >= 4 is 11.7 Å². The second kappa shape index (κ2) is 3.69. The van der Waals surface area contributed by atoms with Gasteiger partial charge < -0.3 is 11.5 Å². The van der Waals surface area contributed by atoms with Gasteiger partial charge in [0, 0.05) is 24.4 Å². The van der Waals surface area contributed by atoms with E-state index in [9.17, 15) is 4.79 Å². The molecule has 0 saturated carbocycles. The molecule has 0 unspecified atom stereocenters. The Kier molecular flexibility index (Phi) is 2.36. The Morgan fingerprint density at radius 2 is 2.00 bits per heavy atom. The van der Waals surface area contributed by atoms with Gasteiger partial charge in [0.15, 0.2) is 5.82 Å². The molecule has 0 aliphatic heterocycles. The topological polar surface area (TPSA) is 86.9 Å². The molecule has 0 aliphatic rings. The summed E-state index contributed by atoms with van der Waals surface area (Å²) in [6.07, 6.45) is 1.76. The number of anilines is 1. The molecule has 0 bridgehead atoms. The predicted octanol–water partition coefficient (Wildman–Crippen LogP) is 0.768. The number of aryl methyl sites for hydroxylation is 1. The zero-order valence-electron chi connectivity index (χ0n) is 8.84. The smallest absolute Gasteiger partial charge is 0.249 e. The summed E-state index contributed by atoms with van der Waals surface area (Å²) in [6, 6.07) is 7.06. The van der Waals surface area contributed by atoms with Gasteiger partial charge in [0.1, 0.15) is 0 Å². The van der Waals surface area contributed by atoms with Crippen LogP contribution in [0.15, 0.2) is 30.5 Å². The first-order chi connectivity index (χ1) is 7.59. The third kappa shape index (κ3) is 1.63. The van der Waals surface area contributed by atoms with Crippen LogP contribution in [-0.4, -0.2) is 15.7 Å². The van der Waals surface area contributed by atoms with Gasteiger partial charge in [-0.3, -0.25) is 9.48 Å². The summed E-state index contributed by atoms with van der Waals surface area (Å²) < 4.78 is 1.60. The Morgan fingerprint density at radius 1 is 1.31 bits per heavy atom. The molecular formula is C11H12N4O. The first-order valence-corrected chi connectivity index (χ1v) is 4.78. The lowest BCUT2D eigenvalue weighted by molar-refractivity contribution is 0.100. The molecule has 0 saturated heterocycles. The summed E-state index contributed by atoms with van der Waals surface area (Å²) in [6.45, 7) is 0. The summed E-state index contributed by atoms with van der Waals surface area (Å²) in [5.74, 6) is -0.0879. The predicted molar refractivity (Wildman–Crippen MR) is 61.6 cm³/mol. The Bertz CT molecular complexity index is 545. The average molecular weight is 216 g/mol. The molecule has 82 valence electrons. The molecule has 0 radical (unpaired) electrons. The highest BCUT2D eigenvalue weighted by molar-refractivity contribution is 6.00. The lowest BCUT2D eigenvalue weighted by Gasteiger charge is -2.04. The number of benzene rings is 1. The highest BCUT2D eigenvalue weighted by Crippen LogP contribution is 2.27. The maximum absolute atomic E-state index is 11.3. The first kappa shape index (κ1) is 10.2. The number of primary amides is 1. The van der Waals surface area contributed by atoms with Crippen LogP contribution in [0.25, 0.3) is 11.1 Å². The number of hydrogen-bond acceptors (Lipinski definition) is 3. The molecule has 1 heterocycles. The van der Waals surface area contributed by atoms with E-state index in [-0.39, 0.29) is 0 Å². The molecule has 5 nitrogen and oxygen atoms in total. The van der Waals surface area contributed by atoms with E-state index in [4.69, 9.17) is 11.5 Å². The quantitative estimate of drug-likeness (QED) is 0.777. The maximum Gasteiger partial charge on any atom is 0.249 e. The summed E-state index contributed by atoms with van der Waals surface area (Å²) in [4.78, 5) is 11.3. The van der Waals surface area contributed by atoms with E-state index in [1.807, 2.05) is 6.07 Å². The van der Waals surface area contributed by atoms with Gasteiger partial charge >= 0.3 is 0 Å². The molecule has 5 heteroatoms. The summed E-state index contributed by atoms with van der Waals surface area (Å²) in [5.41, 5.74) is 12.9. The number of rotatable bonds is 2. The Labute approximate surface area is 92.7 Å². The molecule has 0 atom stereocenters. The molecule has 2 aromatic rings. The number of nitrogens with two attached hydrogens (primary N) is 2. The van der Waals surface area contributed by atoms with E-state index in [0.717, 1.165) is 5.56 Å². The van der Waals surface area contributed by atoms with Crippen LogP contribution in [0, 0.1) is 0 Å². The molecule has 0 aliphatic carbocycles. The largest absolute Gasteiger partial charge is 0.382 e. The van der Waals surface area contributed by atoms with Crippen molar-refractivity contribution in [3.8, 4) is 11.1 Å². The van der Waals surface area contributed by atoms with E-state index in [1.54, 1.807) is 36.1 Å². The van der Waals surface area contributed by atoms with E-state index in [1.165, 1.54) is 0 Å². The monoisotopic (exact) mass is 216 g/mol. The number of amides is 1. The summed E-state index contributed by atoms with van der Waals surface area (Å²) in [7, 11) is 1.77. The Balaban J connectivity index is 2.64. The molecular weight excluding hydrogens is 204 g/mol. The van der Waals surface area contributed by atoms with Gasteiger partial charge in [-0.1, -0.05) is 18.2 Å². The van der Waals surface area contributed by atoms with Crippen LogP contribution in [0.5, 0.6) is 0 Å². The molecule has 4 N–H and O–H groups in total. The minimum Gasteiger partial charge on any atom is -0.382 e. The van der Waals surface area contributed by atoms with Gasteiger partial charge in [-0.15, -0.1) is 0 Å². The first-order valence-electron chi connectivity index (χ1n) is 4.78. The van der Waals surface area contributed by atoms with Gasteiger partial charge in [0.05, 0.1) is 0 Å². The number of aromatic nitrogens is 2. The highest BCUT2D eigenvalue weighted by Gasteiger charge is 2.13.